The van der Waals surface area contributed by atoms with Crippen LogP contribution in [0.2, 0.25) is 0 Å². The Morgan fingerprint density at radius 3 is 2.42 bits per heavy atom. The molecule has 0 unspecified atom stereocenters. The zero-order valence-corrected chi connectivity index (χ0v) is 10.3. The molecule has 0 heterocycles. The Hall–Kier alpha value is -2.22. The zero-order valence-electron chi connectivity index (χ0n) is 10.3. The predicted octanol–water partition coefficient (Wildman–Crippen LogP) is 1.88. The SMILES string of the molecule is Cc1c(CO)cc([N+](=O)[O-])c(NC2CC2)c1[N+](=O)[O-]. The summed E-state index contributed by atoms with van der Waals surface area (Å²) in [5, 5.41) is 34.2. The summed E-state index contributed by atoms with van der Waals surface area (Å²) in [5.41, 5.74) is -0.313. The predicted molar refractivity (Wildman–Crippen MR) is 67.1 cm³/mol. The second-order valence-corrected chi connectivity index (χ2v) is 4.49. The van der Waals surface area contributed by atoms with Gasteiger partial charge in [0.1, 0.15) is 0 Å². The van der Waals surface area contributed by atoms with Crippen LogP contribution in [-0.2, 0) is 6.61 Å². The average molecular weight is 267 g/mol. The summed E-state index contributed by atoms with van der Waals surface area (Å²) >= 11 is 0. The summed E-state index contributed by atoms with van der Waals surface area (Å²) < 4.78 is 0. The van der Waals surface area contributed by atoms with Crippen molar-refractivity contribution in [1.82, 2.24) is 0 Å². The monoisotopic (exact) mass is 267 g/mol. The smallest absolute Gasteiger partial charge is 0.302 e. The second kappa shape index (κ2) is 4.81. The van der Waals surface area contributed by atoms with Crippen molar-refractivity contribution in [2.24, 2.45) is 0 Å². The van der Waals surface area contributed by atoms with Gasteiger partial charge in [0.15, 0.2) is 5.69 Å². The van der Waals surface area contributed by atoms with Crippen LogP contribution in [0.15, 0.2) is 6.07 Å². The minimum Gasteiger partial charge on any atom is -0.392 e. The van der Waals surface area contributed by atoms with Gasteiger partial charge in [-0.15, -0.1) is 0 Å². The van der Waals surface area contributed by atoms with Crippen LogP contribution in [0, 0.1) is 27.2 Å². The van der Waals surface area contributed by atoms with Crippen molar-refractivity contribution in [2.75, 3.05) is 5.32 Å². The number of hydrogen-bond donors (Lipinski definition) is 2. The molecular weight excluding hydrogens is 254 g/mol. The van der Waals surface area contributed by atoms with Crippen LogP contribution < -0.4 is 5.32 Å². The molecule has 0 saturated heterocycles. The van der Waals surface area contributed by atoms with Gasteiger partial charge in [-0.05, 0) is 25.3 Å². The van der Waals surface area contributed by atoms with Crippen molar-refractivity contribution in [3.05, 3.63) is 37.4 Å². The maximum absolute atomic E-state index is 11.1. The Kier molecular flexibility index (Phi) is 3.34. The number of anilines is 1. The molecule has 2 rings (SSSR count). The highest BCUT2D eigenvalue weighted by Gasteiger charge is 2.33. The van der Waals surface area contributed by atoms with Gasteiger partial charge in [0.05, 0.1) is 16.5 Å². The van der Waals surface area contributed by atoms with Crippen molar-refractivity contribution in [3.8, 4) is 0 Å². The third-order valence-corrected chi connectivity index (χ3v) is 3.12. The lowest BCUT2D eigenvalue weighted by Crippen LogP contribution is -2.10. The van der Waals surface area contributed by atoms with Gasteiger partial charge in [0, 0.05) is 17.7 Å². The number of nitrogens with one attached hydrogen (secondary N) is 1. The highest BCUT2D eigenvalue weighted by atomic mass is 16.6. The fourth-order valence-corrected chi connectivity index (χ4v) is 1.92. The quantitative estimate of drug-likeness (QED) is 0.621. The lowest BCUT2D eigenvalue weighted by molar-refractivity contribution is -0.392. The summed E-state index contributed by atoms with van der Waals surface area (Å²) in [6, 6.07) is 1.24. The van der Waals surface area contributed by atoms with Gasteiger partial charge in [-0.25, -0.2) is 0 Å². The molecule has 102 valence electrons. The summed E-state index contributed by atoms with van der Waals surface area (Å²) in [6.07, 6.45) is 1.68. The Labute approximate surface area is 108 Å². The lowest BCUT2D eigenvalue weighted by atomic mass is 10.0. The van der Waals surface area contributed by atoms with Crippen LogP contribution in [0.25, 0.3) is 0 Å². The maximum atomic E-state index is 11.1. The number of nitro benzene ring substituents is 2. The van der Waals surface area contributed by atoms with Gasteiger partial charge in [-0.1, -0.05) is 0 Å². The average Bonchev–Trinajstić information content (AvgIpc) is 3.12. The fraction of sp³-hybridized carbons (Fsp3) is 0.455. The molecular formula is C11H13N3O5. The molecule has 1 fully saturated rings. The molecule has 0 radical (unpaired) electrons. The molecule has 0 bridgehead atoms. The Morgan fingerprint density at radius 1 is 1.37 bits per heavy atom. The molecule has 1 aliphatic carbocycles. The Balaban J connectivity index is 2.66. The number of hydrogen-bond acceptors (Lipinski definition) is 6. The van der Waals surface area contributed by atoms with Gasteiger partial charge in [-0.3, -0.25) is 20.2 Å². The second-order valence-electron chi connectivity index (χ2n) is 4.49. The topological polar surface area (TPSA) is 119 Å². The van der Waals surface area contributed by atoms with E-state index in [0.29, 0.717) is 0 Å². The first-order chi connectivity index (χ1) is 8.95. The summed E-state index contributed by atoms with van der Waals surface area (Å²) in [6.45, 7) is 1.00. The van der Waals surface area contributed by atoms with E-state index in [0.717, 1.165) is 12.8 Å². The molecule has 0 aliphatic heterocycles. The molecule has 1 aromatic rings. The number of nitro groups is 2. The van der Waals surface area contributed by atoms with Crippen LogP contribution in [0.1, 0.15) is 24.0 Å². The number of aliphatic hydroxyl groups is 1. The van der Waals surface area contributed by atoms with Crippen LogP contribution in [-0.4, -0.2) is 21.0 Å². The molecule has 19 heavy (non-hydrogen) atoms. The molecule has 1 saturated carbocycles. The van der Waals surface area contributed by atoms with Gasteiger partial charge in [0.2, 0.25) is 0 Å². The Bertz CT molecular complexity index is 554. The van der Waals surface area contributed by atoms with Crippen molar-refractivity contribution in [3.63, 3.8) is 0 Å². The number of rotatable bonds is 5. The third-order valence-electron chi connectivity index (χ3n) is 3.12. The molecule has 0 amide bonds. The number of benzene rings is 1. The van der Waals surface area contributed by atoms with E-state index in [-0.39, 0.29) is 34.2 Å². The van der Waals surface area contributed by atoms with E-state index in [1.54, 1.807) is 0 Å². The minimum atomic E-state index is -0.670. The molecule has 0 spiro atoms. The van der Waals surface area contributed by atoms with Crippen molar-refractivity contribution < 1.29 is 15.0 Å². The van der Waals surface area contributed by atoms with Gasteiger partial charge < -0.3 is 10.4 Å². The highest BCUT2D eigenvalue weighted by molar-refractivity contribution is 5.78. The molecule has 0 atom stereocenters. The molecule has 8 nitrogen and oxygen atoms in total. The highest BCUT2D eigenvalue weighted by Crippen LogP contribution is 2.41. The minimum absolute atomic E-state index is 0.0526. The molecule has 2 N–H and O–H groups in total. The van der Waals surface area contributed by atoms with Crippen molar-refractivity contribution >= 4 is 17.1 Å². The normalized spacial score (nSPS) is 14.2. The lowest BCUT2D eigenvalue weighted by Gasteiger charge is -2.11. The van der Waals surface area contributed by atoms with Crippen LogP contribution >= 0.6 is 0 Å². The van der Waals surface area contributed by atoms with E-state index in [2.05, 4.69) is 5.32 Å². The summed E-state index contributed by atoms with van der Waals surface area (Å²) in [7, 11) is 0. The fourth-order valence-electron chi connectivity index (χ4n) is 1.92. The van der Waals surface area contributed by atoms with E-state index in [1.165, 1.54) is 13.0 Å². The van der Waals surface area contributed by atoms with E-state index < -0.39 is 16.5 Å². The first-order valence-electron chi connectivity index (χ1n) is 5.78. The van der Waals surface area contributed by atoms with Gasteiger partial charge in [-0.2, -0.15) is 0 Å². The molecule has 8 heteroatoms. The zero-order chi connectivity index (χ0) is 14.2. The summed E-state index contributed by atoms with van der Waals surface area (Å²) in [4.78, 5) is 20.9. The molecule has 1 aliphatic rings. The van der Waals surface area contributed by atoms with E-state index in [1.807, 2.05) is 0 Å². The van der Waals surface area contributed by atoms with Crippen molar-refractivity contribution in [2.45, 2.75) is 32.4 Å². The molecule has 0 aromatic heterocycles. The Morgan fingerprint density at radius 2 is 2.00 bits per heavy atom. The standard InChI is InChI=1S/C11H13N3O5/c1-6-7(5-15)4-9(13(16)17)10(11(6)14(18)19)12-8-2-3-8/h4,8,12,15H,2-3,5H2,1H3. The van der Waals surface area contributed by atoms with E-state index in [9.17, 15) is 20.2 Å². The number of aliphatic hydroxyl groups excluding tert-OH is 1. The summed E-state index contributed by atoms with van der Waals surface area (Å²) in [5.74, 6) is 0. The van der Waals surface area contributed by atoms with Gasteiger partial charge >= 0.3 is 5.69 Å². The van der Waals surface area contributed by atoms with E-state index >= 15 is 0 Å². The van der Waals surface area contributed by atoms with Gasteiger partial charge in [0.25, 0.3) is 5.69 Å². The molecule has 1 aromatic carbocycles. The largest absolute Gasteiger partial charge is 0.392 e. The first kappa shape index (κ1) is 13.2. The van der Waals surface area contributed by atoms with Crippen LogP contribution in [0.4, 0.5) is 17.1 Å². The number of nitrogens with zero attached hydrogens (tertiary/aromatic N) is 2. The van der Waals surface area contributed by atoms with Crippen LogP contribution in [0.3, 0.4) is 0 Å². The van der Waals surface area contributed by atoms with Crippen molar-refractivity contribution in [1.29, 1.82) is 0 Å². The van der Waals surface area contributed by atoms with Crippen LogP contribution in [0.5, 0.6) is 0 Å². The third kappa shape index (κ3) is 2.48. The maximum Gasteiger partial charge on any atom is 0.302 e. The first-order valence-corrected chi connectivity index (χ1v) is 5.78. The van der Waals surface area contributed by atoms with E-state index in [4.69, 9.17) is 5.11 Å².